The van der Waals surface area contributed by atoms with Crippen LogP contribution in [0.2, 0.25) is 0 Å². The summed E-state index contributed by atoms with van der Waals surface area (Å²) in [7, 11) is 3.49. The van der Waals surface area contributed by atoms with Crippen molar-refractivity contribution in [3.05, 3.63) is 22.8 Å². The normalized spacial score (nSPS) is 10.9. The Morgan fingerprint density at radius 2 is 2.27 bits per heavy atom. The third kappa shape index (κ3) is 1.98. The van der Waals surface area contributed by atoms with E-state index in [4.69, 9.17) is 9.47 Å². The molecule has 1 aromatic heterocycles. The lowest BCUT2D eigenvalue weighted by Crippen LogP contribution is -1.99. The first-order valence-corrected chi connectivity index (χ1v) is 5.24. The number of nitrogens with zero attached hydrogens (tertiary/aromatic N) is 2. The minimum absolute atomic E-state index is 0.238. The van der Waals surface area contributed by atoms with Gasteiger partial charge in [-0.2, -0.15) is 5.10 Å². The Bertz CT molecular complexity index is 481. The van der Waals surface area contributed by atoms with Crippen LogP contribution in [0.15, 0.2) is 22.8 Å². The lowest BCUT2D eigenvalue weighted by atomic mass is 10.2. The molecule has 0 aliphatic heterocycles. The summed E-state index contributed by atoms with van der Waals surface area (Å²) >= 11 is 3.44. The van der Waals surface area contributed by atoms with E-state index in [-0.39, 0.29) is 6.79 Å². The Morgan fingerprint density at radius 3 is 3.00 bits per heavy atom. The quantitative estimate of drug-likeness (QED) is 0.804. The van der Waals surface area contributed by atoms with Gasteiger partial charge in [0.15, 0.2) is 6.79 Å². The highest BCUT2D eigenvalue weighted by atomic mass is 79.9. The molecule has 0 N–H and O–H groups in total. The number of methoxy groups -OCH3 is 1. The van der Waals surface area contributed by atoms with E-state index in [1.165, 1.54) is 0 Å². The summed E-state index contributed by atoms with van der Waals surface area (Å²) in [5.41, 5.74) is 1.03. The van der Waals surface area contributed by atoms with Gasteiger partial charge in [0.1, 0.15) is 5.75 Å². The zero-order valence-electron chi connectivity index (χ0n) is 8.53. The molecule has 2 rings (SSSR count). The van der Waals surface area contributed by atoms with E-state index in [1.54, 1.807) is 11.8 Å². The summed E-state index contributed by atoms with van der Waals surface area (Å²) in [5.74, 6) is 0.757. The smallest absolute Gasteiger partial charge is 0.188 e. The molecule has 0 atom stereocenters. The van der Waals surface area contributed by atoms with Gasteiger partial charge in [-0.05, 0) is 22.0 Å². The molecular weight excluding hydrogens is 260 g/mol. The number of aromatic nitrogens is 2. The van der Waals surface area contributed by atoms with Gasteiger partial charge < -0.3 is 9.47 Å². The molecule has 0 unspecified atom stereocenters. The number of fused-ring (bicyclic) bond motifs is 1. The summed E-state index contributed by atoms with van der Waals surface area (Å²) < 4.78 is 13.0. The molecule has 80 valence electrons. The second-order valence-corrected chi connectivity index (χ2v) is 4.01. The number of benzene rings is 1. The van der Waals surface area contributed by atoms with Crippen LogP contribution in [-0.2, 0) is 11.8 Å². The standard InChI is InChI=1S/C10H11BrN2O2/c1-13-9-4-10(15-6-14-2)8(11)3-7(9)5-12-13/h3-5H,6H2,1-2H3. The van der Waals surface area contributed by atoms with Crippen LogP contribution in [0.1, 0.15) is 0 Å². The Kier molecular flexibility index (Phi) is 2.93. The Balaban J connectivity index is 2.45. The summed E-state index contributed by atoms with van der Waals surface area (Å²) in [6.45, 7) is 0.238. The van der Waals surface area contributed by atoms with Crippen LogP contribution < -0.4 is 4.74 Å². The Hall–Kier alpha value is -1.07. The largest absolute Gasteiger partial charge is 0.466 e. The second kappa shape index (κ2) is 4.20. The molecule has 0 spiro atoms. The monoisotopic (exact) mass is 270 g/mol. The topological polar surface area (TPSA) is 36.3 Å². The van der Waals surface area contributed by atoms with Crippen molar-refractivity contribution in [2.45, 2.75) is 0 Å². The van der Waals surface area contributed by atoms with E-state index in [1.807, 2.05) is 25.4 Å². The zero-order valence-corrected chi connectivity index (χ0v) is 10.1. The van der Waals surface area contributed by atoms with Crippen LogP contribution in [0.4, 0.5) is 0 Å². The maximum Gasteiger partial charge on any atom is 0.188 e. The van der Waals surface area contributed by atoms with Crippen molar-refractivity contribution in [3.8, 4) is 5.75 Å². The highest BCUT2D eigenvalue weighted by Crippen LogP contribution is 2.30. The highest BCUT2D eigenvalue weighted by molar-refractivity contribution is 9.10. The van der Waals surface area contributed by atoms with Crippen molar-refractivity contribution in [1.29, 1.82) is 0 Å². The minimum Gasteiger partial charge on any atom is -0.466 e. The van der Waals surface area contributed by atoms with Gasteiger partial charge in [0, 0.05) is 25.6 Å². The number of hydrogen-bond donors (Lipinski definition) is 0. The van der Waals surface area contributed by atoms with Gasteiger partial charge in [-0.3, -0.25) is 4.68 Å². The summed E-state index contributed by atoms with van der Waals surface area (Å²) in [6.07, 6.45) is 1.82. The third-order valence-electron chi connectivity index (χ3n) is 2.13. The van der Waals surface area contributed by atoms with Gasteiger partial charge >= 0.3 is 0 Å². The van der Waals surface area contributed by atoms with E-state index in [0.29, 0.717) is 0 Å². The van der Waals surface area contributed by atoms with Gasteiger partial charge in [-0.25, -0.2) is 0 Å². The average Bonchev–Trinajstić information content (AvgIpc) is 2.57. The van der Waals surface area contributed by atoms with Gasteiger partial charge in [0.05, 0.1) is 16.2 Å². The van der Waals surface area contributed by atoms with Gasteiger partial charge in [0.2, 0.25) is 0 Å². The molecule has 0 saturated carbocycles. The Labute approximate surface area is 95.9 Å². The molecule has 1 heterocycles. The number of ether oxygens (including phenoxy) is 2. The predicted molar refractivity (Wildman–Crippen MR) is 60.9 cm³/mol. The molecule has 0 fully saturated rings. The SMILES string of the molecule is COCOc1cc2c(cnn2C)cc1Br. The fourth-order valence-corrected chi connectivity index (χ4v) is 1.86. The molecule has 0 saturated heterocycles. The molecule has 1 aromatic carbocycles. The van der Waals surface area contributed by atoms with Crippen molar-refractivity contribution in [1.82, 2.24) is 9.78 Å². The summed E-state index contributed by atoms with van der Waals surface area (Å²) in [4.78, 5) is 0. The number of halogens is 1. The summed E-state index contributed by atoms with van der Waals surface area (Å²) in [6, 6.07) is 3.92. The van der Waals surface area contributed by atoms with E-state index in [0.717, 1.165) is 21.1 Å². The molecule has 2 aromatic rings. The molecule has 0 aliphatic carbocycles. The molecule has 0 amide bonds. The maximum absolute atomic E-state index is 5.41. The fraction of sp³-hybridized carbons (Fsp3) is 0.300. The first-order valence-electron chi connectivity index (χ1n) is 4.45. The molecule has 15 heavy (non-hydrogen) atoms. The number of hydrogen-bond acceptors (Lipinski definition) is 3. The van der Waals surface area contributed by atoms with Crippen molar-refractivity contribution in [2.24, 2.45) is 7.05 Å². The minimum atomic E-state index is 0.238. The lowest BCUT2D eigenvalue weighted by molar-refractivity contribution is 0.0507. The van der Waals surface area contributed by atoms with Gasteiger partial charge in [-0.15, -0.1) is 0 Å². The fourth-order valence-electron chi connectivity index (χ4n) is 1.39. The van der Waals surface area contributed by atoms with Crippen molar-refractivity contribution >= 4 is 26.8 Å². The van der Waals surface area contributed by atoms with Gasteiger partial charge in [-0.1, -0.05) is 0 Å². The lowest BCUT2D eigenvalue weighted by Gasteiger charge is -2.07. The van der Waals surface area contributed by atoms with Crippen molar-refractivity contribution < 1.29 is 9.47 Å². The Morgan fingerprint density at radius 1 is 1.47 bits per heavy atom. The second-order valence-electron chi connectivity index (χ2n) is 3.16. The third-order valence-corrected chi connectivity index (χ3v) is 2.75. The molecule has 4 nitrogen and oxygen atoms in total. The zero-order chi connectivity index (χ0) is 10.8. The van der Waals surface area contributed by atoms with E-state index in [2.05, 4.69) is 21.0 Å². The van der Waals surface area contributed by atoms with Crippen LogP contribution >= 0.6 is 15.9 Å². The van der Waals surface area contributed by atoms with E-state index < -0.39 is 0 Å². The average molecular weight is 271 g/mol. The van der Waals surface area contributed by atoms with Gasteiger partial charge in [0.25, 0.3) is 0 Å². The van der Waals surface area contributed by atoms with Crippen LogP contribution in [0.5, 0.6) is 5.75 Å². The van der Waals surface area contributed by atoms with Crippen LogP contribution in [0, 0.1) is 0 Å². The van der Waals surface area contributed by atoms with Crippen molar-refractivity contribution in [2.75, 3.05) is 13.9 Å². The number of aryl methyl sites for hydroxylation is 1. The van der Waals surface area contributed by atoms with E-state index in [9.17, 15) is 0 Å². The first-order chi connectivity index (χ1) is 7.22. The van der Waals surface area contributed by atoms with Crippen molar-refractivity contribution in [3.63, 3.8) is 0 Å². The molecule has 0 radical (unpaired) electrons. The number of rotatable bonds is 3. The molecule has 0 bridgehead atoms. The van der Waals surface area contributed by atoms with Crippen LogP contribution in [-0.4, -0.2) is 23.7 Å². The first kappa shape index (κ1) is 10.4. The molecular formula is C10H11BrN2O2. The predicted octanol–water partition coefficient (Wildman–Crippen LogP) is 2.32. The maximum atomic E-state index is 5.41. The summed E-state index contributed by atoms with van der Waals surface area (Å²) in [5, 5.41) is 5.25. The van der Waals surface area contributed by atoms with Crippen LogP contribution in [0.3, 0.4) is 0 Å². The molecule has 5 heteroatoms. The molecule has 0 aliphatic rings. The highest BCUT2D eigenvalue weighted by Gasteiger charge is 2.06. The van der Waals surface area contributed by atoms with Crippen LogP contribution in [0.25, 0.3) is 10.9 Å². The van der Waals surface area contributed by atoms with E-state index >= 15 is 0 Å².